The van der Waals surface area contributed by atoms with Crippen LogP contribution in [0.15, 0.2) is 71.5 Å². The first-order valence-electron chi connectivity index (χ1n) is 10.8. The van der Waals surface area contributed by atoms with Gasteiger partial charge in [0.25, 0.3) is 8.06 Å². The minimum atomic E-state index is -2.57. The van der Waals surface area contributed by atoms with Crippen LogP contribution in [0.3, 0.4) is 0 Å². The van der Waals surface area contributed by atoms with Crippen LogP contribution < -0.4 is 24.6 Å². The first kappa shape index (κ1) is 21.5. The summed E-state index contributed by atoms with van der Waals surface area (Å²) in [5, 5.41) is 2.02. The zero-order valence-corrected chi connectivity index (χ0v) is 20.3. The number of methoxy groups -OCH3 is 2. The second-order valence-corrected chi connectivity index (χ2v) is 13.9. The fourth-order valence-corrected chi connectivity index (χ4v) is 12.3. The van der Waals surface area contributed by atoms with Gasteiger partial charge in [-0.1, -0.05) is 36.4 Å². The van der Waals surface area contributed by atoms with Gasteiger partial charge in [-0.05, 0) is 55.2 Å². The van der Waals surface area contributed by atoms with E-state index in [0.29, 0.717) is 0 Å². The van der Waals surface area contributed by atoms with Crippen molar-refractivity contribution in [3.63, 3.8) is 0 Å². The van der Waals surface area contributed by atoms with Crippen LogP contribution in [-0.2, 0) is 10.9 Å². The van der Waals surface area contributed by atoms with Crippen molar-refractivity contribution >= 4 is 25.4 Å². The Labute approximate surface area is 190 Å². The third-order valence-corrected chi connectivity index (χ3v) is 13.8. The highest BCUT2D eigenvalue weighted by Crippen LogP contribution is 2.80. The maximum atomic E-state index is 6.85. The summed E-state index contributed by atoms with van der Waals surface area (Å²) in [4.78, 5) is 0. The van der Waals surface area contributed by atoms with Crippen LogP contribution in [0.1, 0.15) is 30.1 Å². The average molecular weight is 467 g/mol. The number of rotatable bonds is 5. The first-order valence-corrected chi connectivity index (χ1v) is 14.4. The SMILES string of the molecule is CN=P(c1ccccc1OC)(c1ccccc1OC)P1Oc2cccc3c2C(CCC3)O1. The van der Waals surface area contributed by atoms with Crippen molar-refractivity contribution in [2.75, 3.05) is 21.3 Å². The Morgan fingerprint density at radius 1 is 0.906 bits per heavy atom. The predicted molar refractivity (Wildman–Crippen MR) is 131 cm³/mol. The quantitative estimate of drug-likeness (QED) is 0.420. The first-order chi connectivity index (χ1) is 15.7. The molecule has 7 heteroatoms. The van der Waals surface area contributed by atoms with Crippen LogP contribution in [0.2, 0.25) is 0 Å². The standard InChI is InChI=1S/C25H27NO4P2/c1-26-32(23-16-6-4-12-19(23)27-2,24-17-7-5-13-20(24)28-3)31-29-21-14-8-10-18-11-9-15-22(30-31)25(18)21/h4-8,10,12-14,16-17,22H,9,11,15H2,1-3H3. The Hall–Kier alpha value is -2.32. The van der Waals surface area contributed by atoms with Crippen LogP contribution >= 0.6 is 14.8 Å². The molecule has 0 saturated carbocycles. The minimum absolute atomic E-state index is 0.0281. The summed E-state index contributed by atoms with van der Waals surface area (Å²) >= 11 is 0. The Morgan fingerprint density at radius 2 is 1.56 bits per heavy atom. The number of aryl methyl sites for hydroxylation is 1. The number of hydrogen-bond donors (Lipinski definition) is 0. The van der Waals surface area contributed by atoms with E-state index < -0.39 is 14.8 Å². The maximum Gasteiger partial charge on any atom is 0.282 e. The molecule has 0 bridgehead atoms. The molecule has 166 valence electrons. The fraction of sp³-hybridized carbons (Fsp3) is 0.280. The molecule has 1 aliphatic carbocycles. The van der Waals surface area contributed by atoms with Crippen LogP contribution in [0.25, 0.3) is 0 Å². The molecular weight excluding hydrogens is 440 g/mol. The molecule has 2 aliphatic rings. The molecule has 3 aromatic rings. The zero-order chi connectivity index (χ0) is 22.1. The summed E-state index contributed by atoms with van der Waals surface area (Å²) in [6.45, 7) is -2.57. The smallest absolute Gasteiger partial charge is 0.282 e. The van der Waals surface area contributed by atoms with Gasteiger partial charge in [0.2, 0.25) is 0 Å². The van der Waals surface area contributed by atoms with E-state index in [-0.39, 0.29) is 6.10 Å². The topological polar surface area (TPSA) is 49.3 Å². The number of ether oxygens (including phenoxy) is 2. The lowest BCUT2D eigenvalue weighted by atomic mass is 9.89. The lowest BCUT2D eigenvalue weighted by Crippen LogP contribution is -2.24. The number of hydrogen-bond acceptors (Lipinski definition) is 5. The van der Waals surface area contributed by atoms with Gasteiger partial charge in [-0.15, -0.1) is 0 Å². The van der Waals surface area contributed by atoms with Gasteiger partial charge in [0.1, 0.15) is 24.0 Å². The molecule has 5 nitrogen and oxygen atoms in total. The van der Waals surface area contributed by atoms with Crippen molar-refractivity contribution in [3.05, 3.63) is 77.9 Å². The van der Waals surface area contributed by atoms with Gasteiger partial charge >= 0.3 is 0 Å². The van der Waals surface area contributed by atoms with E-state index in [9.17, 15) is 0 Å². The Balaban J connectivity index is 1.76. The molecule has 0 fully saturated rings. The van der Waals surface area contributed by atoms with Crippen LogP contribution in [0, 0.1) is 0 Å². The van der Waals surface area contributed by atoms with Gasteiger partial charge < -0.3 is 18.5 Å². The number of nitrogens with zero attached hydrogens (tertiary/aromatic N) is 1. The van der Waals surface area contributed by atoms with Gasteiger partial charge in [0.05, 0.1) is 20.3 Å². The molecular formula is C25H27NO4P2. The van der Waals surface area contributed by atoms with Crippen molar-refractivity contribution < 1.29 is 18.5 Å². The molecule has 2 atom stereocenters. The van der Waals surface area contributed by atoms with Crippen LogP contribution in [0.4, 0.5) is 0 Å². The number of benzene rings is 3. The predicted octanol–water partition coefficient (Wildman–Crippen LogP) is 6.20. The summed E-state index contributed by atoms with van der Waals surface area (Å²) in [7, 11) is 3.82. The molecule has 0 saturated heterocycles. The van der Waals surface area contributed by atoms with Crippen molar-refractivity contribution in [2.24, 2.45) is 4.74 Å². The molecule has 2 unspecified atom stereocenters. The maximum absolute atomic E-state index is 6.85. The lowest BCUT2D eigenvalue weighted by Gasteiger charge is -2.41. The van der Waals surface area contributed by atoms with E-state index in [2.05, 4.69) is 30.3 Å². The largest absolute Gasteiger partial charge is 0.496 e. The third-order valence-electron chi connectivity index (χ3n) is 6.15. The van der Waals surface area contributed by atoms with Gasteiger partial charge in [-0.2, -0.15) is 0 Å². The molecule has 0 amide bonds. The van der Waals surface area contributed by atoms with E-state index in [0.717, 1.165) is 47.1 Å². The van der Waals surface area contributed by atoms with E-state index in [1.54, 1.807) is 14.2 Å². The second-order valence-electron chi connectivity index (χ2n) is 7.79. The van der Waals surface area contributed by atoms with Crippen molar-refractivity contribution in [1.82, 2.24) is 0 Å². The summed E-state index contributed by atoms with van der Waals surface area (Å²) in [5.41, 5.74) is 2.55. The summed E-state index contributed by atoms with van der Waals surface area (Å²) in [6, 6.07) is 22.5. The monoisotopic (exact) mass is 467 g/mol. The van der Waals surface area contributed by atoms with E-state index in [1.165, 1.54) is 11.1 Å². The van der Waals surface area contributed by atoms with Gasteiger partial charge in [-0.25, -0.2) is 0 Å². The highest BCUT2D eigenvalue weighted by molar-refractivity contribution is 8.37. The molecule has 3 aromatic carbocycles. The minimum Gasteiger partial charge on any atom is -0.496 e. The summed E-state index contributed by atoms with van der Waals surface area (Å²) in [5.74, 6) is 2.51. The second kappa shape index (κ2) is 8.90. The van der Waals surface area contributed by atoms with Crippen molar-refractivity contribution in [3.8, 4) is 17.2 Å². The van der Waals surface area contributed by atoms with Crippen molar-refractivity contribution in [1.29, 1.82) is 0 Å². The summed E-state index contributed by atoms with van der Waals surface area (Å²) < 4.78 is 30.3. The summed E-state index contributed by atoms with van der Waals surface area (Å²) in [6.07, 6.45) is 3.21. The molecule has 0 aromatic heterocycles. The number of para-hydroxylation sites is 2. The average Bonchev–Trinajstić information content (AvgIpc) is 2.86. The molecule has 1 aliphatic heterocycles. The molecule has 0 N–H and O–H groups in total. The Morgan fingerprint density at radius 3 is 2.19 bits per heavy atom. The Kier molecular flexibility index (Phi) is 5.99. The third kappa shape index (κ3) is 3.35. The highest BCUT2D eigenvalue weighted by Gasteiger charge is 2.47. The van der Waals surface area contributed by atoms with E-state index in [1.807, 2.05) is 43.4 Å². The molecule has 0 radical (unpaired) electrons. The van der Waals surface area contributed by atoms with Crippen LogP contribution in [0.5, 0.6) is 17.2 Å². The lowest BCUT2D eigenvalue weighted by molar-refractivity contribution is 0.174. The van der Waals surface area contributed by atoms with Gasteiger partial charge in [0, 0.05) is 23.2 Å². The normalized spacial score (nSPS) is 19.5. The van der Waals surface area contributed by atoms with E-state index in [4.69, 9.17) is 23.3 Å². The van der Waals surface area contributed by atoms with Crippen molar-refractivity contribution in [2.45, 2.75) is 25.4 Å². The van der Waals surface area contributed by atoms with Gasteiger partial charge in [-0.3, -0.25) is 4.74 Å². The zero-order valence-electron chi connectivity index (χ0n) is 18.5. The highest BCUT2D eigenvalue weighted by atomic mass is 32.1. The molecule has 5 rings (SSSR count). The molecule has 1 heterocycles. The molecule has 0 spiro atoms. The fourth-order valence-electron chi connectivity index (χ4n) is 4.69. The Bertz CT molecular complexity index is 1140. The van der Waals surface area contributed by atoms with Gasteiger partial charge in [0.15, 0.2) is 0 Å². The molecule has 32 heavy (non-hydrogen) atoms. The van der Waals surface area contributed by atoms with E-state index >= 15 is 0 Å². The van der Waals surface area contributed by atoms with Crippen LogP contribution in [-0.4, -0.2) is 21.3 Å².